The summed E-state index contributed by atoms with van der Waals surface area (Å²) in [6, 6.07) is 4.44. The van der Waals surface area contributed by atoms with Crippen LogP contribution in [0, 0.1) is 5.82 Å². The van der Waals surface area contributed by atoms with Gasteiger partial charge < -0.3 is 5.32 Å². The second-order valence-corrected chi connectivity index (χ2v) is 8.20. The molecule has 1 aromatic carbocycles. The van der Waals surface area contributed by atoms with Crippen LogP contribution in [-0.2, 0) is 21.2 Å². The van der Waals surface area contributed by atoms with Crippen LogP contribution in [0.1, 0.15) is 5.69 Å². The van der Waals surface area contributed by atoms with Crippen LogP contribution in [0.25, 0.3) is 0 Å². The van der Waals surface area contributed by atoms with Gasteiger partial charge in [-0.15, -0.1) is 22.7 Å². The first-order valence-electron chi connectivity index (χ1n) is 6.84. The molecule has 0 saturated carbocycles. The van der Waals surface area contributed by atoms with Crippen LogP contribution in [0.3, 0.4) is 0 Å². The number of benzene rings is 1. The van der Waals surface area contributed by atoms with Gasteiger partial charge in [-0.05, 0) is 24.3 Å². The van der Waals surface area contributed by atoms with Gasteiger partial charge >= 0.3 is 0 Å². The molecule has 130 valence electrons. The molecule has 0 spiro atoms. The highest BCUT2D eigenvalue weighted by molar-refractivity contribution is 7.93. The fourth-order valence-corrected chi connectivity index (χ4v) is 4.34. The number of rotatable bonds is 6. The predicted octanol–water partition coefficient (Wildman–Crippen LogP) is 2.72. The van der Waals surface area contributed by atoms with E-state index in [1.54, 1.807) is 17.0 Å². The predicted molar refractivity (Wildman–Crippen MR) is 93.8 cm³/mol. The molecular weight excluding hydrogens is 387 g/mol. The van der Waals surface area contributed by atoms with Crippen LogP contribution in [0.2, 0.25) is 0 Å². The van der Waals surface area contributed by atoms with Gasteiger partial charge in [0, 0.05) is 17.0 Å². The van der Waals surface area contributed by atoms with E-state index in [-0.39, 0.29) is 22.4 Å². The molecule has 0 atom stereocenters. The molecule has 2 heterocycles. The zero-order chi connectivity index (χ0) is 17.9. The molecule has 11 heteroatoms. The summed E-state index contributed by atoms with van der Waals surface area (Å²) in [5.41, 5.74) is 0.427. The highest BCUT2D eigenvalue weighted by atomic mass is 32.2. The maximum Gasteiger partial charge on any atom is 0.263 e. The Morgan fingerprint density at radius 3 is 2.60 bits per heavy atom. The van der Waals surface area contributed by atoms with Crippen molar-refractivity contribution in [2.75, 3.05) is 10.0 Å². The van der Waals surface area contributed by atoms with Gasteiger partial charge in [-0.1, -0.05) is 0 Å². The van der Waals surface area contributed by atoms with E-state index in [1.807, 2.05) is 0 Å². The monoisotopic (exact) mass is 398 g/mol. The molecule has 0 saturated heterocycles. The molecule has 0 aliphatic carbocycles. The SMILES string of the molecule is O=C(Cc1csc(NS(=O)(=O)c2ccc(F)cc2)n1)Nc1nccs1. The molecular formula is C14H11FN4O3S3. The third-order valence-corrected chi connectivity index (χ3v) is 5.90. The Kier molecular flexibility index (Phi) is 5.06. The number of carbonyl (C=O) groups excluding carboxylic acids is 1. The number of thiazole rings is 2. The number of amides is 1. The fourth-order valence-electron chi connectivity index (χ4n) is 1.84. The van der Waals surface area contributed by atoms with Crippen LogP contribution in [0.4, 0.5) is 14.7 Å². The summed E-state index contributed by atoms with van der Waals surface area (Å²) in [5, 5.41) is 6.55. The van der Waals surface area contributed by atoms with E-state index in [9.17, 15) is 17.6 Å². The Labute approximate surface area is 150 Å². The number of hydrogen-bond acceptors (Lipinski definition) is 7. The number of anilines is 2. The largest absolute Gasteiger partial charge is 0.302 e. The zero-order valence-electron chi connectivity index (χ0n) is 12.5. The number of hydrogen-bond donors (Lipinski definition) is 2. The molecule has 7 nitrogen and oxygen atoms in total. The molecule has 1 amide bonds. The smallest absolute Gasteiger partial charge is 0.263 e. The van der Waals surface area contributed by atoms with E-state index in [0.29, 0.717) is 10.8 Å². The van der Waals surface area contributed by atoms with Crippen LogP contribution in [-0.4, -0.2) is 24.3 Å². The zero-order valence-corrected chi connectivity index (χ0v) is 14.9. The first kappa shape index (κ1) is 17.5. The van der Waals surface area contributed by atoms with Gasteiger partial charge in [-0.3, -0.25) is 9.52 Å². The topological polar surface area (TPSA) is 101 Å². The first-order chi connectivity index (χ1) is 11.9. The van der Waals surface area contributed by atoms with Gasteiger partial charge in [0.05, 0.1) is 17.0 Å². The summed E-state index contributed by atoms with van der Waals surface area (Å²) < 4.78 is 39.6. The van der Waals surface area contributed by atoms with Crippen molar-refractivity contribution >= 4 is 48.9 Å². The van der Waals surface area contributed by atoms with Gasteiger partial charge in [-0.2, -0.15) is 0 Å². The average molecular weight is 398 g/mol. The van der Waals surface area contributed by atoms with E-state index in [0.717, 1.165) is 35.6 Å². The molecule has 2 N–H and O–H groups in total. The van der Waals surface area contributed by atoms with Crippen LogP contribution in [0.5, 0.6) is 0 Å². The summed E-state index contributed by atoms with van der Waals surface area (Å²) in [6.07, 6.45) is 1.57. The first-order valence-corrected chi connectivity index (χ1v) is 10.1. The summed E-state index contributed by atoms with van der Waals surface area (Å²) >= 11 is 2.35. The molecule has 3 rings (SSSR count). The maximum absolute atomic E-state index is 12.9. The number of aromatic nitrogens is 2. The minimum absolute atomic E-state index is 0.00560. The summed E-state index contributed by atoms with van der Waals surface area (Å²) in [6.45, 7) is 0. The van der Waals surface area contributed by atoms with Gasteiger partial charge in [0.15, 0.2) is 10.3 Å². The lowest BCUT2D eigenvalue weighted by Crippen LogP contribution is -2.15. The average Bonchev–Trinajstić information content (AvgIpc) is 3.19. The molecule has 2 aromatic heterocycles. The quantitative estimate of drug-likeness (QED) is 0.665. The summed E-state index contributed by atoms with van der Waals surface area (Å²) in [5.74, 6) is -0.824. The van der Waals surface area contributed by atoms with E-state index in [2.05, 4.69) is 20.0 Å². The number of sulfonamides is 1. The van der Waals surface area contributed by atoms with E-state index in [1.165, 1.54) is 11.3 Å². The normalized spacial score (nSPS) is 11.2. The molecule has 0 unspecified atom stereocenters. The lowest BCUT2D eigenvalue weighted by Gasteiger charge is -2.04. The number of nitrogens with one attached hydrogen (secondary N) is 2. The van der Waals surface area contributed by atoms with Crippen LogP contribution in [0.15, 0.2) is 46.1 Å². The second kappa shape index (κ2) is 7.25. The molecule has 3 aromatic rings. The van der Waals surface area contributed by atoms with Crippen molar-refractivity contribution in [2.45, 2.75) is 11.3 Å². The highest BCUT2D eigenvalue weighted by Gasteiger charge is 2.17. The second-order valence-electron chi connectivity index (χ2n) is 4.77. The van der Waals surface area contributed by atoms with E-state index >= 15 is 0 Å². The third kappa shape index (κ3) is 4.59. The van der Waals surface area contributed by atoms with Crippen LogP contribution < -0.4 is 10.0 Å². The Hall–Kier alpha value is -2.37. The van der Waals surface area contributed by atoms with Crippen LogP contribution >= 0.6 is 22.7 Å². The molecule has 0 aliphatic heterocycles. The van der Waals surface area contributed by atoms with Crippen molar-refractivity contribution in [1.29, 1.82) is 0 Å². The van der Waals surface area contributed by atoms with E-state index in [4.69, 9.17) is 0 Å². The lowest BCUT2D eigenvalue weighted by atomic mass is 10.3. The van der Waals surface area contributed by atoms with Crippen molar-refractivity contribution in [2.24, 2.45) is 0 Å². The molecule has 0 fully saturated rings. The molecule has 0 bridgehead atoms. The Morgan fingerprint density at radius 2 is 1.92 bits per heavy atom. The summed E-state index contributed by atoms with van der Waals surface area (Å²) in [7, 11) is -3.86. The fraction of sp³-hybridized carbons (Fsp3) is 0.0714. The molecule has 0 radical (unpaired) electrons. The lowest BCUT2D eigenvalue weighted by molar-refractivity contribution is -0.115. The van der Waals surface area contributed by atoms with Crippen molar-refractivity contribution in [3.63, 3.8) is 0 Å². The van der Waals surface area contributed by atoms with Crippen molar-refractivity contribution < 1.29 is 17.6 Å². The third-order valence-electron chi connectivity index (χ3n) is 2.92. The number of halogens is 1. The standard InChI is InChI=1S/C14H11FN4O3S3/c15-9-1-3-11(4-2-9)25(21,22)19-14-17-10(8-24-14)7-12(20)18-13-16-5-6-23-13/h1-6,8H,7H2,(H,17,19)(H,16,18,20). The van der Waals surface area contributed by atoms with E-state index < -0.39 is 15.8 Å². The maximum atomic E-state index is 12.9. The minimum atomic E-state index is -3.86. The van der Waals surface area contributed by atoms with Gasteiger partial charge in [-0.25, -0.2) is 22.8 Å². The number of nitrogens with zero attached hydrogens (tertiary/aromatic N) is 2. The van der Waals surface area contributed by atoms with Gasteiger partial charge in [0.2, 0.25) is 5.91 Å². The minimum Gasteiger partial charge on any atom is -0.302 e. The van der Waals surface area contributed by atoms with Gasteiger partial charge in [0.1, 0.15) is 5.82 Å². The van der Waals surface area contributed by atoms with Crippen molar-refractivity contribution in [3.8, 4) is 0 Å². The Balaban J connectivity index is 1.65. The van der Waals surface area contributed by atoms with Crippen molar-refractivity contribution in [1.82, 2.24) is 9.97 Å². The van der Waals surface area contributed by atoms with Crippen molar-refractivity contribution in [3.05, 3.63) is 52.7 Å². The Morgan fingerprint density at radius 1 is 1.16 bits per heavy atom. The number of carbonyl (C=O) groups is 1. The van der Waals surface area contributed by atoms with Gasteiger partial charge in [0.25, 0.3) is 10.0 Å². The highest BCUT2D eigenvalue weighted by Crippen LogP contribution is 2.21. The summed E-state index contributed by atoms with van der Waals surface area (Å²) in [4.78, 5) is 19.8. The molecule has 0 aliphatic rings. The Bertz CT molecular complexity index is 969. The molecule has 25 heavy (non-hydrogen) atoms.